The molecule has 2 rings (SSSR count). The first-order chi connectivity index (χ1) is 10.1. The molecule has 0 aliphatic heterocycles. The topological polar surface area (TPSA) is 24.1 Å². The van der Waals surface area contributed by atoms with Gasteiger partial charge in [-0.2, -0.15) is 0 Å². The molecule has 1 unspecified atom stereocenters. The standard InChI is InChI=1S/C19H26N2/c1-14-12-15(2)19(16(3)13-14)21-11-10-20-17(4)18-8-6-5-7-9-18/h5-9,12-13,17,20-21H,10-11H2,1-4H3. The lowest BCUT2D eigenvalue weighted by Crippen LogP contribution is -2.25. The Balaban J connectivity index is 1.83. The summed E-state index contributed by atoms with van der Waals surface area (Å²) >= 11 is 0. The second-order valence-corrected chi connectivity index (χ2v) is 5.79. The van der Waals surface area contributed by atoms with Gasteiger partial charge in [-0.15, -0.1) is 0 Å². The second kappa shape index (κ2) is 7.28. The van der Waals surface area contributed by atoms with Crippen molar-refractivity contribution in [1.29, 1.82) is 0 Å². The minimum atomic E-state index is 0.383. The van der Waals surface area contributed by atoms with Gasteiger partial charge in [0.2, 0.25) is 0 Å². The molecular weight excluding hydrogens is 256 g/mol. The van der Waals surface area contributed by atoms with Gasteiger partial charge in [-0.1, -0.05) is 48.0 Å². The fourth-order valence-corrected chi connectivity index (χ4v) is 2.79. The van der Waals surface area contributed by atoms with Crippen LogP contribution in [0.4, 0.5) is 5.69 Å². The molecule has 0 bridgehead atoms. The van der Waals surface area contributed by atoms with Gasteiger partial charge in [-0.25, -0.2) is 0 Å². The first kappa shape index (κ1) is 15.6. The number of benzene rings is 2. The maximum atomic E-state index is 3.56. The van der Waals surface area contributed by atoms with E-state index in [2.05, 4.69) is 80.8 Å². The van der Waals surface area contributed by atoms with Gasteiger partial charge in [-0.05, 0) is 44.4 Å². The van der Waals surface area contributed by atoms with E-state index in [0.717, 1.165) is 13.1 Å². The highest BCUT2D eigenvalue weighted by Gasteiger charge is 2.05. The van der Waals surface area contributed by atoms with Crippen LogP contribution in [-0.2, 0) is 0 Å². The van der Waals surface area contributed by atoms with Gasteiger partial charge in [0, 0.05) is 24.8 Å². The Bertz CT molecular complexity index is 552. The maximum absolute atomic E-state index is 3.56. The summed E-state index contributed by atoms with van der Waals surface area (Å²) in [5.74, 6) is 0. The number of aryl methyl sites for hydroxylation is 3. The third kappa shape index (κ3) is 4.33. The van der Waals surface area contributed by atoms with Gasteiger partial charge in [0.25, 0.3) is 0 Å². The first-order valence-electron chi connectivity index (χ1n) is 7.68. The fourth-order valence-electron chi connectivity index (χ4n) is 2.79. The Hall–Kier alpha value is -1.80. The quantitative estimate of drug-likeness (QED) is 0.769. The van der Waals surface area contributed by atoms with Crippen LogP contribution in [0.1, 0.15) is 35.2 Å². The van der Waals surface area contributed by atoms with Crippen LogP contribution in [0.3, 0.4) is 0 Å². The van der Waals surface area contributed by atoms with Gasteiger partial charge in [0.05, 0.1) is 0 Å². The first-order valence-corrected chi connectivity index (χ1v) is 7.68. The molecule has 0 fully saturated rings. The summed E-state index contributed by atoms with van der Waals surface area (Å²) in [4.78, 5) is 0. The van der Waals surface area contributed by atoms with E-state index in [-0.39, 0.29) is 0 Å². The normalized spacial score (nSPS) is 12.2. The number of anilines is 1. The van der Waals surface area contributed by atoms with Crippen LogP contribution in [0, 0.1) is 20.8 Å². The van der Waals surface area contributed by atoms with Crippen molar-refractivity contribution >= 4 is 5.69 Å². The largest absolute Gasteiger partial charge is 0.383 e. The maximum Gasteiger partial charge on any atom is 0.0400 e. The Labute approximate surface area is 128 Å². The van der Waals surface area contributed by atoms with E-state index < -0.39 is 0 Å². The molecule has 0 amide bonds. The summed E-state index contributed by atoms with van der Waals surface area (Å²) in [5.41, 5.74) is 6.58. The predicted octanol–water partition coefficient (Wildman–Crippen LogP) is 4.37. The molecule has 112 valence electrons. The van der Waals surface area contributed by atoms with Crippen molar-refractivity contribution in [2.75, 3.05) is 18.4 Å². The van der Waals surface area contributed by atoms with E-state index in [9.17, 15) is 0 Å². The number of nitrogens with one attached hydrogen (secondary N) is 2. The summed E-state index contributed by atoms with van der Waals surface area (Å²) in [6, 6.07) is 15.4. The van der Waals surface area contributed by atoms with E-state index in [4.69, 9.17) is 0 Å². The molecule has 0 aliphatic rings. The SMILES string of the molecule is Cc1cc(C)c(NCCNC(C)c2ccccc2)c(C)c1. The molecular formula is C19H26N2. The van der Waals surface area contributed by atoms with Gasteiger partial charge < -0.3 is 10.6 Å². The molecule has 0 aliphatic carbocycles. The molecule has 0 radical (unpaired) electrons. The van der Waals surface area contributed by atoms with E-state index >= 15 is 0 Å². The van der Waals surface area contributed by atoms with Crippen LogP contribution in [0.15, 0.2) is 42.5 Å². The van der Waals surface area contributed by atoms with Crippen molar-refractivity contribution in [3.05, 3.63) is 64.7 Å². The van der Waals surface area contributed by atoms with Crippen LogP contribution < -0.4 is 10.6 Å². The monoisotopic (exact) mass is 282 g/mol. The molecule has 2 aromatic carbocycles. The van der Waals surface area contributed by atoms with Crippen LogP contribution in [0.5, 0.6) is 0 Å². The molecule has 0 saturated heterocycles. The van der Waals surface area contributed by atoms with Gasteiger partial charge >= 0.3 is 0 Å². The molecule has 2 nitrogen and oxygen atoms in total. The fraction of sp³-hybridized carbons (Fsp3) is 0.368. The average Bonchev–Trinajstić information content (AvgIpc) is 2.46. The van der Waals surface area contributed by atoms with E-state index in [1.807, 2.05) is 0 Å². The minimum Gasteiger partial charge on any atom is -0.383 e. The lowest BCUT2D eigenvalue weighted by Gasteiger charge is -2.17. The third-order valence-electron chi connectivity index (χ3n) is 3.85. The highest BCUT2D eigenvalue weighted by molar-refractivity contribution is 5.58. The number of hydrogen-bond donors (Lipinski definition) is 2. The van der Waals surface area contributed by atoms with Crippen molar-refractivity contribution in [2.24, 2.45) is 0 Å². The third-order valence-corrected chi connectivity index (χ3v) is 3.85. The lowest BCUT2D eigenvalue weighted by atomic mass is 10.1. The van der Waals surface area contributed by atoms with Crippen molar-refractivity contribution in [3.8, 4) is 0 Å². The molecule has 0 heterocycles. The van der Waals surface area contributed by atoms with Gasteiger partial charge in [0.1, 0.15) is 0 Å². The Morgan fingerprint density at radius 2 is 1.52 bits per heavy atom. The van der Waals surface area contributed by atoms with E-state index in [1.54, 1.807) is 0 Å². The molecule has 2 heteroatoms. The van der Waals surface area contributed by atoms with Crippen LogP contribution in [-0.4, -0.2) is 13.1 Å². The highest BCUT2D eigenvalue weighted by atomic mass is 15.0. The molecule has 0 saturated carbocycles. The molecule has 0 aromatic heterocycles. The Morgan fingerprint density at radius 3 is 2.14 bits per heavy atom. The molecule has 21 heavy (non-hydrogen) atoms. The lowest BCUT2D eigenvalue weighted by molar-refractivity contribution is 0.588. The van der Waals surface area contributed by atoms with Crippen LogP contribution in [0.2, 0.25) is 0 Å². The zero-order valence-electron chi connectivity index (χ0n) is 13.5. The van der Waals surface area contributed by atoms with Crippen molar-refractivity contribution in [2.45, 2.75) is 33.7 Å². The van der Waals surface area contributed by atoms with Crippen molar-refractivity contribution < 1.29 is 0 Å². The zero-order valence-corrected chi connectivity index (χ0v) is 13.5. The smallest absolute Gasteiger partial charge is 0.0400 e. The number of rotatable bonds is 6. The number of hydrogen-bond acceptors (Lipinski definition) is 2. The van der Waals surface area contributed by atoms with Crippen LogP contribution in [0.25, 0.3) is 0 Å². The zero-order chi connectivity index (χ0) is 15.2. The Morgan fingerprint density at radius 1 is 0.905 bits per heavy atom. The summed E-state index contributed by atoms with van der Waals surface area (Å²) in [5, 5.41) is 7.11. The molecule has 0 spiro atoms. The van der Waals surface area contributed by atoms with Gasteiger partial charge in [-0.3, -0.25) is 0 Å². The predicted molar refractivity (Wildman–Crippen MR) is 92.0 cm³/mol. The highest BCUT2D eigenvalue weighted by Crippen LogP contribution is 2.21. The molecule has 2 aromatic rings. The van der Waals surface area contributed by atoms with Crippen molar-refractivity contribution in [1.82, 2.24) is 5.32 Å². The molecule has 2 N–H and O–H groups in total. The summed E-state index contributed by atoms with van der Waals surface area (Å²) < 4.78 is 0. The summed E-state index contributed by atoms with van der Waals surface area (Å²) in [6.45, 7) is 10.6. The minimum absolute atomic E-state index is 0.383. The van der Waals surface area contributed by atoms with E-state index in [0.29, 0.717) is 6.04 Å². The molecule has 1 atom stereocenters. The van der Waals surface area contributed by atoms with Gasteiger partial charge in [0.15, 0.2) is 0 Å². The van der Waals surface area contributed by atoms with E-state index in [1.165, 1.54) is 27.9 Å². The second-order valence-electron chi connectivity index (χ2n) is 5.79. The summed E-state index contributed by atoms with van der Waals surface area (Å²) in [6.07, 6.45) is 0. The summed E-state index contributed by atoms with van der Waals surface area (Å²) in [7, 11) is 0. The average molecular weight is 282 g/mol. The van der Waals surface area contributed by atoms with Crippen molar-refractivity contribution in [3.63, 3.8) is 0 Å². The van der Waals surface area contributed by atoms with Crippen LogP contribution >= 0.6 is 0 Å². The Kier molecular flexibility index (Phi) is 5.40.